The Balaban J connectivity index is 0.000000290. The van der Waals surface area contributed by atoms with E-state index in [0.717, 1.165) is 64.2 Å². The topological polar surface area (TPSA) is 230 Å². The van der Waals surface area contributed by atoms with Gasteiger partial charge in [0, 0.05) is 62.0 Å². The van der Waals surface area contributed by atoms with Crippen LogP contribution in [0.3, 0.4) is 0 Å². The van der Waals surface area contributed by atoms with Gasteiger partial charge in [-0.25, -0.2) is 9.59 Å². The predicted molar refractivity (Wildman–Crippen MR) is 203 cm³/mol. The van der Waals surface area contributed by atoms with Crippen molar-refractivity contribution >= 4 is 11.9 Å². The molecule has 0 spiro atoms. The summed E-state index contributed by atoms with van der Waals surface area (Å²) >= 11 is 0. The maximum absolute atomic E-state index is 11.7. The van der Waals surface area contributed by atoms with Crippen molar-refractivity contribution in [2.45, 2.75) is 126 Å². The van der Waals surface area contributed by atoms with Crippen LogP contribution in [0.4, 0.5) is 0 Å². The third kappa shape index (κ3) is 16.0. The van der Waals surface area contributed by atoms with Crippen LogP contribution in [0.5, 0.6) is 11.5 Å². The number of rotatable bonds is 2. The second-order valence-electron chi connectivity index (χ2n) is 14.1. The zero-order valence-electron chi connectivity index (χ0n) is 31.6. The summed E-state index contributed by atoms with van der Waals surface area (Å²) in [5, 5.41) is 40.4. The van der Waals surface area contributed by atoms with Crippen LogP contribution >= 0.6 is 0 Å². The van der Waals surface area contributed by atoms with Gasteiger partial charge in [0.15, 0.2) is 11.2 Å². The average Bonchev–Trinajstić information content (AvgIpc) is 3.15. The molecule has 2 unspecified atom stereocenters. The molecule has 0 saturated carbocycles. The second-order valence-corrected chi connectivity index (χ2v) is 14.1. The van der Waals surface area contributed by atoms with Gasteiger partial charge in [0.2, 0.25) is 0 Å². The number of fused-ring (bicyclic) bond motifs is 4. The Morgan fingerprint density at radius 1 is 0.593 bits per heavy atom. The first-order valence-corrected chi connectivity index (χ1v) is 19.4. The third-order valence-corrected chi connectivity index (χ3v) is 9.60. The number of carboxylic acids is 2. The molecule has 0 radical (unpaired) electrons. The van der Waals surface area contributed by atoms with Crippen molar-refractivity contribution in [3.05, 3.63) is 60.2 Å². The lowest BCUT2D eigenvalue weighted by Crippen LogP contribution is -2.57. The van der Waals surface area contributed by atoms with Crippen LogP contribution in [0.15, 0.2) is 48.8 Å². The molecule has 2 aliphatic heterocycles. The summed E-state index contributed by atoms with van der Waals surface area (Å²) in [4.78, 5) is 31.7. The number of pyridine rings is 2. The minimum absolute atomic E-state index is 0.0149. The van der Waals surface area contributed by atoms with Gasteiger partial charge in [0.25, 0.3) is 0 Å². The molecule has 14 nitrogen and oxygen atoms in total. The molecule has 54 heavy (non-hydrogen) atoms. The highest BCUT2D eigenvalue weighted by Gasteiger charge is 2.44. The number of ether oxygens (including phenoxy) is 4. The van der Waals surface area contributed by atoms with Crippen molar-refractivity contribution in [1.29, 1.82) is 0 Å². The highest BCUT2D eigenvalue weighted by Crippen LogP contribution is 2.22. The van der Waals surface area contributed by atoms with Crippen LogP contribution in [0.1, 0.15) is 101 Å². The standard InChI is InChI=1S/C20H32N2O5.C20H30N2O5/c2*21-18-15-26-11-7-5-3-1-2-4-6-8-12-27-17-9-10-22-16(13-17)14-20(18,25)19(23)24/h9-10,13,18,25H,1-8,11-12,14-15,21H2,(H,23,24);1-2,9-10,13,18,25H,3-8,11-12,14-15,21H2,(H,23,24)/t2*18?,20-/m11/s1. The number of aliphatic carboxylic acids is 2. The van der Waals surface area contributed by atoms with Crippen molar-refractivity contribution in [2.75, 3.05) is 39.6 Å². The van der Waals surface area contributed by atoms with Gasteiger partial charge in [-0.2, -0.15) is 0 Å². The average molecular weight is 759 g/mol. The van der Waals surface area contributed by atoms with Crippen LogP contribution in [-0.4, -0.2) is 105 Å². The predicted octanol–water partition coefficient (Wildman–Crippen LogP) is 4.37. The number of hydrogen-bond acceptors (Lipinski definition) is 12. The fraction of sp³-hybridized carbons (Fsp3) is 0.650. The summed E-state index contributed by atoms with van der Waals surface area (Å²) in [7, 11) is 0. The van der Waals surface area contributed by atoms with E-state index >= 15 is 0 Å². The normalized spacial score (nSPS) is 26.5. The van der Waals surface area contributed by atoms with Crippen molar-refractivity contribution in [3.63, 3.8) is 0 Å². The molecule has 0 fully saturated rings. The van der Waals surface area contributed by atoms with Gasteiger partial charge < -0.3 is 50.8 Å². The van der Waals surface area contributed by atoms with Crippen molar-refractivity contribution in [2.24, 2.45) is 11.5 Å². The minimum atomic E-state index is -2.16. The first-order valence-electron chi connectivity index (χ1n) is 19.4. The van der Waals surface area contributed by atoms with E-state index in [9.17, 15) is 30.0 Å². The van der Waals surface area contributed by atoms with Gasteiger partial charge in [0.05, 0.1) is 38.5 Å². The molecule has 4 atom stereocenters. The largest absolute Gasteiger partial charge is 0.493 e. The molecule has 2 aliphatic rings. The van der Waals surface area contributed by atoms with Crippen LogP contribution in [0, 0.1) is 0 Å². The molecule has 2 aromatic heterocycles. The molecule has 4 bridgehead atoms. The Labute approximate surface area is 319 Å². The molecule has 302 valence electrons. The molecule has 4 heterocycles. The monoisotopic (exact) mass is 758 g/mol. The third-order valence-electron chi connectivity index (χ3n) is 9.60. The highest BCUT2D eigenvalue weighted by atomic mass is 16.5. The molecular formula is C40H62N4O10. The molecule has 14 heteroatoms. The number of nitrogens with zero attached hydrogens (tertiary/aromatic N) is 2. The fourth-order valence-electron chi connectivity index (χ4n) is 6.08. The summed E-state index contributed by atoms with van der Waals surface area (Å²) in [6.45, 7) is 2.14. The summed E-state index contributed by atoms with van der Waals surface area (Å²) in [6.07, 6.45) is 21.8. The summed E-state index contributed by atoms with van der Waals surface area (Å²) in [6, 6.07) is 4.64. The van der Waals surface area contributed by atoms with Gasteiger partial charge >= 0.3 is 11.9 Å². The number of aromatic nitrogens is 2. The zero-order chi connectivity index (χ0) is 39.1. The Hall–Kier alpha value is -3.66. The molecule has 0 saturated heterocycles. The molecule has 2 aromatic rings. The summed E-state index contributed by atoms with van der Waals surface area (Å²) in [5.41, 5.74) is 8.47. The molecule has 0 amide bonds. The number of hydrogen-bond donors (Lipinski definition) is 6. The first kappa shape index (κ1) is 44.7. The van der Waals surface area contributed by atoms with Crippen molar-refractivity contribution in [1.82, 2.24) is 9.97 Å². The number of carboxylic acid groups (broad SMARTS) is 2. The minimum Gasteiger partial charge on any atom is -0.493 e. The van der Waals surface area contributed by atoms with Crippen LogP contribution in [0.2, 0.25) is 0 Å². The van der Waals surface area contributed by atoms with E-state index in [2.05, 4.69) is 22.1 Å². The molecule has 8 N–H and O–H groups in total. The second kappa shape index (κ2) is 24.7. The number of allylic oxidation sites excluding steroid dienone is 2. The van der Waals surface area contributed by atoms with E-state index in [1.165, 1.54) is 25.7 Å². The number of nitrogens with two attached hydrogens (primary N) is 2. The van der Waals surface area contributed by atoms with Crippen LogP contribution in [0.25, 0.3) is 0 Å². The zero-order valence-corrected chi connectivity index (χ0v) is 31.6. The molecule has 0 aliphatic carbocycles. The van der Waals surface area contributed by atoms with Gasteiger partial charge in [-0.1, -0.05) is 50.7 Å². The summed E-state index contributed by atoms with van der Waals surface area (Å²) < 4.78 is 22.5. The van der Waals surface area contributed by atoms with Gasteiger partial charge in [0.1, 0.15) is 11.5 Å². The quantitative estimate of drug-likeness (QED) is 0.234. The maximum atomic E-state index is 11.7. The lowest BCUT2D eigenvalue weighted by Gasteiger charge is -2.29. The lowest BCUT2D eigenvalue weighted by molar-refractivity contribution is -0.163. The number of aliphatic hydroxyl groups is 2. The highest BCUT2D eigenvalue weighted by molar-refractivity contribution is 5.79. The van der Waals surface area contributed by atoms with Crippen molar-refractivity contribution < 1.29 is 49.0 Å². The van der Waals surface area contributed by atoms with Crippen LogP contribution < -0.4 is 20.9 Å². The summed E-state index contributed by atoms with van der Waals surface area (Å²) in [5.74, 6) is -1.54. The SMILES string of the molecule is NC1COCCCCC=CCCCCOc2ccnc(c2)C[C@]1(O)C(=O)O.NC1COCCCCCCCCCCOc2ccnc(c2)C[C@]1(O)C(=O)O. The Bertz CT molecular complexity index is 1410. The van der Waals surface area contributed by atoms with E-state index in [4.69, 9.17) is 30.4 Å². The van der Waals surface area contributed by atoms with E-state index in [-0.39, 0.29) is 26.1 Å². The first-order chi connectivity index (χ1) is 26.0. The Morgan fingerprint density at radius 3 is 1.39 bits per heavy atom. The molecule has 4 rings (SSSR count). The molecule has 0 aromatic carbocycles. The van der Waals surface area contributed by atoms with Crippen LogP contribution in [-0.2, 0) is 31.9 Å². The smallest absolute Gasteiger partial charge is 0.337 e. The van der Waals surface area contributed by atoms with E-state index < -0.39 is 35.2 Å². The maximum Gasteiger partial charge on any atom is 0.337 e. The van der Waals surface area contributed by atoms with Gasteiger partial charge in [-0.05, 0) is 63.5 Å². The molecular weight excluding hydrogens is 696 g/mol. The van der Waals surface area contributed by atoms with Gasteiger partial charge in [-0.15, -0.1) is 0 Å². The fourth-order valence-corrected chi connectivity index (χ4v) is 6.08. The van der Waals surface area contributed by atoms with E-state index in [1.807, 2.05) is 0 Å². The number of carbonyl (C=O) groups is 2. The Kier molecular flexibility index (Phi) is 20.5. The van der Waals surface area contributed by atoms with E-state index in [1.54, 1.807) is 36.7 Å². The van der Waals surface area contributed by atoms with E-state index in [0.29, 0.717) is 49.3 Å². The van der Waals surface area contributed by atoms with Crippen molar-refractivity contribution in [3.8, 4) is 11.5 Å². The van der Waals surface area contributed by atoms with Gasteiger partial charge in [-0.3, -0.25) is 9.97 Å². The Morgan fingerprint density at radius 2 is 0.963 bits per heavy atom. The lowest BCUT2D eigenvalue weighted by atomic mass is 9.89.